The van der Waals surface area contributed by atoms with Gasteiger partial charge in [0.1, 0.15) is 0 Å². The lowest BCUT2D eigenvalue weighted by Crippen LogP contribution is -2.49. The van der Waals surface area contributed by atoms with Crippen molar-refractivity contribution in [3.05, 3.63) is 18.0 Å². The van der Waals surface area contributed by atoms with Crippen LogP contribution >= 0.6 is 0 Å². The van der Waals surface area contributed by atoms with Gasteiger partial charge >= 0.3 is 6.03 Å². The molecule has 1 fully saturated rings. The molecule has 1 aromatic heterocycles. The second-order valence-electron chi connectivity index (χ2n) is 6.71. The summed E-state index contributed by atoms with van der Waals surface area (Å²) in [5, 5.41) is 7.07. The molecule has 2 rings (SSSR count). The van der Waals surface area contributed by atoms with Crippen LogP contribution in [0.3, 0.4) is 0 Å². The monoisotopic (exact) mass is 323 g/mol. The molecule has 2 heterocycles. The topological polar surface area (TPSA) is 62.6 Å². The maximum Gasteiger partial charge on any atom is 0.317 e. The number of hydrogen-bond donors (Lipinski definition) is 1. The van der Waals surface area contributed by atoms with Crippen molar-refractivity contribution in [2.45, 2.75) is 26.5 Å². The Bertz CT molecular complexity index is 502. The third kappa shape index (κ3) is 5.84. The molecule has 1 N–H and O–H groups in total. The smallest absolute Gasteiger partial charge is 0.317 e. The zero-order valence-electron chi connectivity index (χ0n) is 14.7. The molecule has 23 heavy (non-hydrogen) atoms. The van der Waals surface area contributed by atoms with Crippen molar-refractivity contribution in [3.63, 3.8) is 0 Å². The minimum absolute atomic E-state index is 0.0678. The average molecular weight is 323 g/mol. The van der Waals surface area contributed by atoms with Crippen LogP contribution in [0.5, 0.6) is 0 Å². The van der Waals surface area contributed by atoms with Crippen LogP contribution in [0, 0.1) is 5.92 Å². The fraction of sp³-hybridized carbons (Fsp3) is 0.750. The molecule has 1 aliphatic rings. The molecule has 0 radical (unpaired) electrons. The predicted molar refractivity (Wildman–Crippen MR) is 89.1 cm³/mol. The summed E-state index contributed by atoms with van der Waals surface area (Å²) in [6.07, 6.45) is 3.76. The van der Waals surface area contributed by atoms with E-state index in [4.69, 9.17) is 4.74 Å². The van der Waals surface area contributed by atoms with E-state index in [1.54, 1.807) is 22.8 Å². The Morgan fingerprint density at radius 2 is 2.35 bits per heavy atom. The van der Waals surface area contributed by atoms with Crippen molar-refractivity contribution in [2.75, 3.05) is 39.8 Å². The van der Waals surface area contributed by atoms with Crippen LogP contribution in [-0.4, -0.2) is 71.5 Å². The molecular weight excluding hydrogens is 294 g/mol. The van der Waals surface area contributed by atoms with Crippen molar-refractivity contribution in [1.29, 1.82) is 0 Å². The summed E-state index contributed by atoms with van der Waals surface area (Å²) in [6, 6.07) is -0.0848. The Labute approximate surface area is 138 Å². The van der Waals surface area contributed by atoms with Crippen LogP contribution in [0.25, 0.3) is 0 Å². The van der Waals surface area contributed by atoms with E-state index in [1.807, 2.05) is 13.2 Å². The Balaban J connectivity index is 1.72. The molecule has 0 spiro atoms. The van der Waals surface area contributed by atoms with Gasteiger partial charge in [-0.25, -0.2) is 4.79 Å². The highest BCUT2D eigenvalue weighted by Crippen LogP contribution is 2.08. The molecule has 0 bridgehead atoms. The number of urea groups is 1. The highest BCUT2D eigenvalue weighted by atomic mass is 16.5. The zero-order valence-corrected chi connectivity index (χ0v) is 14.7. The first-order chi connectivity index (χ1) is 10.9. The number of aromatic nitrogens is 2. The quantitative estimate of drug-likeness (QED) is 0.845. The molecule has 1 atom stereocenters. The van der Waals surface area contributed by atoms with Gasteiger partial charge < -0.3 is 15.0 Å². The van der Waals surface area contributed by atoms with Gasteiger partial charge in [-0.15, -0.1) is 0 Å². The number of ether oxygens (including phenoxy) is 1. The van der Waals surface area contributed by atoms with Crippen molar-refractivity contribution in [2.24, 2.45) is 13.0 Å². The van der Waals surface area contributed by atoms with E-state index < -0.39 is 0 Å². The van der Waals surface area contributed by atoms with Crippen molar-refractivity contribution < 1.29 is 9.53 Å². The van der Waals surface area contributed by atoms with Crippen LogP contribution in [0.4, 0.5) is 4.79 Å². The molecule has 130 valence electrons. The van der Waals surface area contributed by atoms with E-state index in [-0.39, 0.29) is 12.1 Å². The van der Waals surface area contributed by atoms with Gasteiger partial charge in [0.2, 0.25) is 0 Å². The summed E-state index contributed by atoms with van der Waals surface area (Å²) in [5.41, 5.74) is 1.02. The lowest BCUT2D eigenvalue weighted by molar-refractivity contribution is -0.0293. The zero-order chi connectivity index (χ0) is 16.8. The van der Waals surface area contributed by atoms with E-state index in [1.165, 1.54) is 0 Å². The average Bonchev–Trinajstić information content (AvgIpc) is 2.89. The first-order valence-corrected chi connectivity index (χ1v) is 8.24. The number of rotatable bonds is 6. The molecule has 7 nitrogen and oxygen atoms in total. The Hall–Kier alpha value is -1.60. The summed E-state index contributed by atoms with van der Waals surface area (Å²) >= 11 is 0. The predicted octanol–water partition coefficient (Wildman–Crippen LogP) is 0.918. The van der Waals surface area contributed by atoms with Gasteiger partial charge in [-0.2, -0.15) is 5.10 Å². The van der Waals surface area contributed by atoms with Crippen molar-refractivity contribution in [3.8, 4) is 0 Å². The SMILES string of the molecule is CC(C)CN1CCOC(CNC(=O)N(C)Cc2cnn(C)c2)C1. The van der Waals surface area contributed by atoms with Crippen LogP contribution in [0.1, 0.15) is 19.4 Å². The Morgan fingerprint density at radius 3 is 3.00 bits per heavy atom. The van der Waals surface area contributed by atoms with Gasteiger partial charge in [0.05, 0.1) is 25.5 Å². The standard InChI is InChI=1S/C16H29N5O2/c1-13(2)9-21-5-6-23-15(12-21)8-17-16(22)19(3)10-14-7-18-20(4)11-14/h7,11,13,15H,5-6,8-10,12H2,1-4H3,(H,17,22). The molecule has 1 aromatic rings. The van der Waals surface area contributed by atoms with Gasteiger partial charge in [0.15, 0.2) is 0 Å². The van der Waals surface area contributed by atoms with Gasteiger partial charge in [0, 0.05) is 52.0 Å². The molecule has 0 aliphatic carbocycles. The molecular formula is C16H29N5O2. The highest BCUT2D eigenvalue weighted by molar-refractivity contribution is 5.73. The minimum atomic E-state index is -0.0848. The molecule has 2 amide bonds. The third-order valence-corrected chi connectivity index (χ3v) is 3.85. The van der Waals surface area contributed by atoms with Gasteiger partial charge in [-0.05, 0) is 5.92 Å². The first-order valence-electron chi connectivity index (χ1n) is 8.24. The van der Waals surface area contributed by atoms with Crippen molar-refractivity contribution in [1.82, 2.24) is 24.9 Å². The minimum Gasteiger partial charge on any atom is -0.374 e. The molecule has 1 unspecified atom stereocenters. The second-order valence-corrected chi connectivity index (χ2v) is 6.71. The van der Waals surface area contributed by atoms with Crippen molar-refractivity contribution >= 4 is 6.03 Å². The van der Waals surface area contributed by atoms with E-state index in [2.05, 4.69) is 29.2 Å². The number of hydrogen-bond acceptors (Lipinski definition) is 4. The summed E-state index contributed by atoms with van der Waals surface area (Å²) in [7, 11) is 3.65. The van der Waals surface area contributed by atoms with E-state index >= 15 is 0 Å². The lowest BCUT2D eigenvalue weighted by atomic mass is 10.2. The molecule has 0 aromatic carbocycles. The summed E-state index contributed by atoms with van der Waals surface area (Å²) < 4.78 is 7.49. The van der Waals surface area contributed by atoms with E-state index in [9.17, 15) is 4.79 Å². The number of aryl methyl sites for hydroxylation is 1. The number of nitrogens with one attached hydrogen (secondary N) is 1. The van der Waals surface area contributed by atoms with E-state index in [0.29, 0.717) is 19.0 Å². The second kappa shape index (κ2) is 8.31. The number of carbonyl (C=O) groups excluding carboxylic acids is 1. The van der Waals surface area contributed by atoms with E-state index in [0.717, 1.165) is 31.8 Å². The fourth-order valence-electron chi connectivity index (χ4n) is 2.82. The molecule has 0 saturated carbocycles. The highest BCUT2D eigenvalue weighted by Gasteiger charge is 2.22. The summed E-state index contributed by atoms with van der Waals surface area (Å²) in [6.45, 7) is 9.20. The summed E-state index contributed by atoms with van der Waals surface area (Å²) in [4.78, 5) is 16.2. The number of amides is 2. The number of morpholine rings is 1. The van der Waals surface area contributed by atoms with Crippen LogP contribution in [0.2, 0.25) is 0 Å². The maximum absolute atomic E-state index is 12.2. The summed E-state index contributed by atoms with van der Waals surface area (Å²) in [5.74, 6) is 0.647. The van der Waals surface area contributed by atoms with Crippen LogP contribution in [-0.2, 0) is 18.3 Å². The normalized spacial score (nSPS) is 19.1. The molecule has 7 heteroatoms. The Morgan fingerprint density at radius 1 is 1.57 bits per heavy atom. The third-order valence-electron chi connectivity index (χ3n) is 3.85. The van der Waals surface area contributed by atoms with Crippen LogP contribution < -0.4 is 5.32 Å². The number of nitrogens with zero attached hydrogens (tertiary/aromatic N) is 4. The fourth-order valence-corrected chi connectivity index (χ4v) is 2.82. The largest absolute Gasteiger partial charge is 0.374 e. The van der Waals surface area contributed by atoms with Gasteiger partial charge in [-0.1, -0.05) is 13.8 Å². The maximum atomic E-state index is 12.2. The molecule has 1 aliphatic heterocycles. The first kappa shape index (κ1) is 17.7. The van der Waals surface area contributed by atoms with Gasteiger partial charge in [0.25, 0.3) is 0 Å². The van der Waals surface area contributed by atoms with Crippen LogP contribution in [0.15, 0.2) is 12.4 Å². The number of carbonyl (C=O) groups is 1. The molecule has 1 saturated heterocycles. The lowest BCUT2D eigenvalue weighted by Gasteiger charge is -2.34. The Kier molecular flexibility index (Phi) is 6.41. The van der Waals surface area contributed by atoms with Gasteiger partial charge in [-0.3, -0.25) is 9.58 Å².